The highest BCUT2D eigenvalue weighted by Crippen LogP contribution is 2.26. The first-order valence-electron chi connectivity index (χ1n) is 8.36. The van der Waals surface area contributed by atoms with Crippen molar-refractivity contribution in [2.24, 2.45) is 5.73 Å². The van der Waals surface area contributed by atoms with Crippen LogP contribution in [0.5, 0.6) is 0 Å². The predicted molar refractivity (Wildman–Crippen MR) is 88.6 cm³/mol. The summed E-state index contributed by atoms with van der Waals surface area (Å²) in [6.07, 6.45) is 3.59. The van der Waals surface area contributed by atoms with E-state index in [1.165, 1.54) is 18.4 Å². The minimum absolute atomic E-state index is 0.212. The summed E-state index contributed by atoms with van der Waals surface area (Å²) >= 11 is 0. The second kappa shape index (κ2) is 6.79. The van der Waals surface area contributed by atoms with E-state index in [4.69, 9.17) is 20.4 Å². The molecule has 3 rings (SSSR count). The van der Waals surface area contributed by atoms with Gasteiger partial charge in [-0.3, -0.25) is 0 Å². The first-order chi connectivity index (χ1) is 10.7. The lowest BCUT2D eigenvalue weighted by molar-refractivity contribution is 0.0365. The lowest BCUT2D eigenvalue weighted by Gasteiger charge is -2.35. The highest BCUT2D eigenvalue weighted by molar-refractivity contribution is 5.53. The fourth-order valence-corrected chi connectivity index (χ4v) is 3.24. The average Bonchev–Trinajstić information content (AvgIpc) is 3.05. The molecule has 0 bridgehead atoms. The topological polar surface area (TPSA) is 67.5 Å². The molecular weight excluding hydrogens is 278 g/mol. The van der Waals surface area contributed by atoms with Crippen LogP contribution in [0.15, 0.2) is 0 Å². The summed E-state index contributed by atoms with van der Waals surface area (Å²) in [7, 11) is 0. The molecular formula is C16H27N5O. The van der Waals surface area contributed by atoms with Crippen LogP contribution in [0.25, 0.3) is 0 Å². The lowest BCUT2D eigenvalue weighted by atomic mass is 10.1. The largest absolute Gasteiger partial charge is 0.374 e. The Labute approximate surface area is 132 Å². The van der Waals surface area contributed by atoms with E-state index in [1.807, 2.05) is 0 Å². The second-order valence-corrected chi connectivity index (χ2v) is 6.27. The van der Waals surface area contributed by atoms with E-state index in [0.29, 0.717) is 6.54 Å². The Hall–Kier alpha value is -1.40. The van der Waals surface area contributed by atoms with Crippen molar-refractivity contribution in [3.63, 3.8) is 0 Å². The molecule has 1 aromatic rings. The Morgan fingerprint density at radius 3 is 2.64 bits per heavy atom. The second-order valence-electron chi connectivity index (χ2n) is 6.27. The van der Waals surface area contributed by atoms with Crippen molar-refractivity contribution in [2.45, 2.75) is 39.2 Å². The predicted octanol–water partition coefficient (Wildman–Crippen LogP) is 1.25. The molecule has 0 aromatic carbocycles. The summed E-state index contributed by atoms with van der Waals surface area (Å²) in [5.41, 5.74) is 7.93. The molecule has 2 aliphatic heterocycles. The Morgan fingerprint density at radius 1 is 1.14 bits per heavy atom. The van der Waals surface area contributed by atoms with Crippen LogP contribution in [0.1, 0.15) is 30.5 Å². The van der Waals surface area contributed by atoms with Gasteiger partial charge >= 0.3 is 0 Å². The third-order valence-electron chi connectivity index (χ3n) is 4.67. The van der Waals surface area contributed by atoms with Crippen LogP contribution in [0, 0.1) is 13.8 Å². The average molecular weight is 305 g/mol. The maximum atomic E-state index is 5.79. The maximum absolute atomic E-state index is 5.79. The Kier molecular flexibility index (Phi) is 4.78. The molecule has 0 aliphatic carbocycles. The molecule has 6 nitrogen and oxygen atoms in total. The molecule has 0 saturated carbocycles. The number of hydrogen-bond acceptors (Lipinski definition) is 6. The van der Waals surface area contributed by atoms with Gasteiger partial charge in [0.05, 0.1) is 12.7 Å². The van der Waals surface area contributed by atoms with Gasteiger partial charge in [-0.1, -0.05) is 0 Å². The van der Waals surface area contributed by atoms with E-state index >= 15 is 0 Å². The van der Waals surface area contributed by atoms with Gasteiger partial charge in [0.1, 0.15) is 5.82 Å². The summed E-state index contributed by atoms with van der Waals surface area (Å²) in [4.78, 5) is 14.2. The molecule has 2 fully saturated rings. The summed E-state index contributed by atoms with van der Waals surface area (Å²) in [5.74, 6) is 1.96. The fourth-order valence-electron chi connectivity index (χ4n) is 3.24. The number of morpholine rings is 1. The number of nitrogens with two attached hydrogens (primary N) is 1. The highest BCUT2D eigenvalue weighted by atomic mass is 16.5. The van der Waals surface area contributed by atoms with E-state index in [0.717, 1.165) is 56.7 Å². The van der Waals surface area contributed by atoms with Gasteiger partial charge in [-0.15, -0.1) is 0 Å². The van der Waals surface area contributed by atoms with E-state index < -0.39 is 0 Å². The van der Waals surface area contributed by atoms with Crippen LogP contribution >= 0.6 is 0 Å². The molecule has 2 aliphatic rings. The van der Waals surface area contributed by atoms with E-state index in [1.54, 1.807) is 0 Å². The minimum Gasteiger partial charge on any atom is -0.374 e. The van der Waals surface area contributed by atoms with Crippen LogP contribution in [-0.4, -0.2) is 55.4 Å². The number of anilines is 2. The zero-order valence-corrected chi connectivity index (χ0v) is 13.7. The number of rotatable bonds is 4. The van der Waals surface area contributed by atoms with Gasteiger partial charge in [-0.05, 0) is 39.7 Å². The Balaban J connectivity index is 1.85. The van der Waals surface area contributed by atoms with Crippen LogP contribution in [0.3, 0.4) is 0 Å². The van der Waals surface area contributed by atoms with Crippen molar-refractivity contribution in [1.29, 1.82) is 0 Å². The van der Waals surface area contributed by atoms with Crippen molar-refractivity contribution < 1.29 is 4.74 Å². The van der Waals surface area contributed by atoms with Gasteiger partial charge in [-0.25, -0.2) is 4.98 Å². The molecule has 122 valence electrons. The van der Waals surface area contributed by atoms with Gasteiger partial charge < -0.3 is 20.3 Å². The molecule has 6 heteroatoms. The molecule has 1 aromatic heterocycles. The van der Waals surface area contributed by atoms with Crippen molar-refractivity contribution >= 4 is 11.8 Å². The van der Waals surface area contributed by atoms with Crippen LogP contribution in [0.2, 0.25) is 0 Å². The molecule has 2 saturated heterocycles. The first kappa shape index (κ1) is 15.5. The number of ether oxygens (including phenoxy) is 1. The van der Waals surface area contributed by atoms with Crippen molar-refractivity contribution in [2.75, 3.05) is 49.1 Å². The van der Waals surface area contributed by atoms with Crippen LogP contribution < -0.4 is 15.5 Å². The van der Waals surface area contributed by atoms with E-state index in [9.17, 15) is 0 Å². The molecule has 0 radical (unpaired) electrons. The lowest BCUT2D eigenvalue weighted by Crippen LogP contribution is -2.44. The normalized spacial score (nSPS) is 22.4. The number of hydrogen-bond donors (Lipinski definition) is 1. The van der Waals surface area contributed by atoms with E-state index in [2.05, 4.69) is 23.6 Å². The van der Waals surface area contributed by atoms with Crippen molar-refractivity contribution in [1.82, 2.24) is 9.97 Å². The van der Waals surface area contributed by atoms with Gasteiger partial charge in [0.15, 0.2) is 0 Å². The third-order valence-corrected chi connectivity index (χ3v) is 4.67. The Bertz CT molecular complexity index is 514. The number of aromatic nitrogens is 2. The number of aryl methyl sites for hydroxylation is 1. The van der Waals surface area contributed by atoms with Gasteiger partial charge in [-0.2, -0.15) is 4.98 Å². The van der Waals surface area contributed by atoms with Gasteiger partial charge in [0, 0.05) is 37.4 Å². The molecule has 0 spiro atoms. The monoisotopic (exact) mass is 305 g/mol. The molecule has 1 unspecified atom stereocenters. The zero-order chi connectivity index (χ0) is 15.5. The zero-order valence-electron chi connectivity index (χ0n) is 13.7. The fraction of sp³-hybridized carbons (Fsp3) is 0.750. The minimum atomic E-state index is 0.212. The summed E-state index contributed by atoms with van der Waals surface area (Å²) in [6.45, 7) is 9.50. The molecule has 0 amide bonds. The Morgan fingerprint density at radius 2 is 1.91 bits per heavy atom. The third kappa shape index (κ3) is 3.17. The molecule has 2 N–H and O–H groups in total. The first-order valence-corrected chi connectivity index (χ1v) is 8.36. The quantitative estimate of drug-likeness (QED) is 0.903. The molecule has 3 heterocycles. The standard InChI is InChI=1S/C16H27N5O/c1-12-13(2)18-16(20-7-3-4-8-20)19-15(12)21-9-10-22-14(11-21)5-6-17/h14H,3-11,17H2,1-2H3. The van der Waals surface area contributed by atoms with Crippen molar-refractivity contribution in [3.05, 3.63) is 11.3 Å². The molecule has 1 atom stereocenters. The smallest absolute Gasteiger partial charge is 0.227 e. The SMILES string of the molecule is Cc1nc(N2CCCC2)nc(N2CCOC(CCN)C2)c1C. The summed E-state index contributed by atoms with van der Waals surface area (Å²) in [5, 5.41) is 0. The number of nitrogens with zero attached hydrogens (tertiary/aromatic N) is 4. The summed E-state index contributed by atoms with van der Waals surface area (Å²) < 4.78 is 5.79. The van der Waals surface area contributed by atoms with Crippen LogP contribution in [0.4, 0.5) is 11.8 Å². The highest BCUT2D eigenvalue weighted by Gasteiger charge is 2.25. The molecule has 22 heavy (non-hydrogen) atoms. The summed E-state index contributed by atoms with van der Waals surface area (Å²) in [6, 6.07) is 0. The van der Waals surface area contributed by atoms with Gasteiger partial charge in [0.2, 0.25) is 5.95 Å². The van der Waals surface area contributed by atoms with Crippen LogP contribution in [-0.2, 0) is 4.74 Å². The van der Waals surface area contributed by atoms with Crippen molar-refractivity contribution in [3.8, 4) is 0 Å². The van der Waals surface area contributed by atoms with E-state index in [-0.39, 0.29) is 6.10 Å². The van der Waals surface area contributed by atoms with Gasteiger partial charge in [0.25, 0.3) is 0 Å². The maximum Gasteiger partial charge on any atom is 0.227 e.